The van der Waals surface area contributed by atoms with Gasteiger partial charge in [-0.1, -0.05) is 12.1 Å². The number of ether oxygens (including phenoxy) is 1. The second-order valence-corrected chi connectivity index (χ2v) is 7.15. The molecule has 0 fully saturated rings. The van der Waals surface area contributed by atoms with Crippen LogP contribution < -0.4 is 16.0 Å². The topological polar surface area (TPSA) is 75.5 Å². The van der Waals surface area contributed by atoms with Gasteiger partial charge in [-0.3, -0.25) is 22.9 Å². The second-order valence-electron chi connectivity index (χ2n) is 7.15. The number of aromatic nitrogens is 5. The number of imidazole rings is 2. The number of fused-ring (bicyclic) bond motifs is 3. The molecule has 0 aliphatic carbocycles. The fraction of sp³-hybridized carbons (Fsp3) is 0.286. The zero-order valence-corrected chi connectivity index (χ0v) is 17.2. The molecule has 8 nitrogen and oxygen atoms in total. The van der Waals surface area contributed by atoms with Gasteiger partial charge in [-0.2, -0.15) is 4.98 Å². The quantitative estimate of drug-likeness (QED) is 0.499. The molecule has 0 N–H and O–H groups in total. The van der Waals surface area contributed by atoms with Crippen LogP contribution in [0.25, 0.3) is 22.6 Å². The molecular formula is C21H23N5O3. The van der Waals surface area contributed by atoms with Crippen LogP contribution in [-0.2, 0) is 13.6 Å². The van der Waals surface area contributed by atoms with Crippen molar-refractivity contribution in [1.29, 1.82) is 0 Å². The molecule has 0 saturated heterocycles. The first-order valence-electron chi connectivity index (χ1n) is 9.27. The molecule has 4 aromatic rings. The summed E-state index contributed by atoms with van der Waals surface area (Å²) < 4.78 is 11.9. The molecule has 0 radical (unpaired) electrons. The van der Waals surface area contributed by atoms with Gasteiger partial charge >= 0.3 is 5.69 Å². The molecular weight excluding hydrogens is 370 g/mol. The zero-order chi connectivity index (χ0) is 21.0. The number of benzene rings is 1. The van der Waals surface area contributed by atoms with Crippen LogP contribution in [0, 0.1) is 20.8 Å². The Morgan fingerprint density at radius 1 is 1.17 bits per heavy atom. The third-order valence-electron chi connectivity index (χ3n) is 5.41. The highest BCUT2D eigenvalue weighted by molar-refractivity contribution is 5.77. The van der Waals surface area contributed by atoms with Crippen LogP contribution in [0.2, 0.25) is 0 Å². The number of rotatable bonds is 4. The minimum Gasteiger partial charge on any atom is -0.495 e. The number of aryl methyl sites for hydroxylation is 3. The van der Waals surface area contributed by atoms with Gasteiger partial charge in [0.25, 0.3) is 5.56 Å². The minimum atomic E-state index is -0.419. The Morgan fingerprint density at radius 3 is 2.55 bits per heavy atom. The summed E-state index contributed by atoms with van der Waals surface area (Å²) in [6.45, 7) is 9.71. The van der Waals surface area contributed by atoms with E-state index in [-0.39, 0.29) is 12.1 Å². The molecule has 3 heterocycles. The first-order chi connectivity index (χ1) is 13.8. The Balaban J connectivity index is 2.23. The first-order valence-corrected chi connectivity index (χ1v) is 9.27. The number of hydrogen-bond acceptors (Lipinski definition) is 4. The fourth-order valence-electron chi connectivity index (χ4n) is 3.80. The van der Waals surface area contributed by atoms with Crippen LogP contribution >= 0.6 is 0 Å². The number of methoxy groups -OCH3 is 1. The van der Waals surface area contributed by atoms with Crippen molar-refractivity contribution in [2.45, 2.75) is 27.3 Å². The molecule has 8 heteroatoms. The molecule has 0 bridgehead atoms. The Bertz CT molecular complexity index is 1410. The molecule has 0 aliphatic heterocycles. The fourth-order valence-corrected chi connectivity index (χ4v) is 3.80. The molecule has 0 spiro atoms. The predicted molar refractivity (Wildman–Crippen MR) is 112 cm³/mol. The highest BCUT2D eigenvalue weighted by atomic mass is 16.5. The maximum atomic E-state index is 13.2. The molecule has 0 aliphatic rings. The van der Waals surface area contributed by atoms with Crippen molar-refractivity contribution >= 4 is 16.9 Å². The molecule has 0 unspecified atom stereocenters. The van der Waals surface area contributed by atoms with Crippen LogP contribution in [0.1, 0.15) is 17.0 Å². The average molecular weight is 393 g/mol. The molecule has 0 amide bonds. The Morgan fingerprint density at radius 2 is 1.90 bits per heavy atom. The van der Waals surface area contributed by atoms with E-state index in [1.54, 1.807) is 14.2 Å². The lowest BCUT2D eigenvalue weighted by Gasteiger charge is -2.12. The largest absolute Gasteiger partial charge is 0.495 e. The molecule has 29 heavy (non-hydrogen) atoms. The van der Waals surface area contributed by atoms with Gasteiger partial charge in [0.2, 0.25) is 5.78 Å². The van der Waals surface area contributed by atoms with Crippen LogP contribution in [-0.4, -0.2) is 30.2 Å². The number of allylic oxidation sites excluding steroid dienone is 1. The standard InChI is InChI=1S/C21H23N5O3/c1-7-10-24-19(27)17-18(23(5)21(24)28)22-20-25(13(3)14(4)26(17)20)15-11-12(2)8-9-16(15)29-6/h7-9,11H,1,10H2,2-6H3. The van der Waals surface area contributed by atoms with Gasteiger partial charge in [0.1, 0.15) is 5.75 Å². The first kappa shape index (κ1) is 18.8. The van der Waals surface area contributed by atoms with Crippen molar-refractivity contribution in [3.05, 3.63) is 68.6 Å². The molecule has 4 rings (SSSR count). The van der Waals surface area contributed by atoms with Crippen molar-refractivity contribution in [3.63, 3.8) is 0 Å². The van der Waals surface area contributed by atoms with Crippen molar-refractivity contribution < 1.29 is 4.74 Å². The smallest absolute Gasteiger partial charge is 0.332 e. The SMILES string of the molecule is C=CCn1c(=O)c2c(nc3n(-c4cc(C)ccc4OC)c(C)c(C)n23)n(C)c1=O. The monoisotopic (exact) mass is 393 g/mol. The minimum absolute atomic E-state index is 0.138. The zero-order valence-electron chi connectivity index (χ0n) is 17.2. The van der Waals surface area contributed by atoms with E-state index in [1.807, 2.05) is 47.9 Å². The van der Waals surface area contributed by atoms with E-state index < -0.39 is 5.69 Å². The molecule has 150 valence electrons. The lowest BCUT2D eigenvalue weighted by Crippen LogP contribution is -2.39. The molecule has 3 aromatic heterocycles. The van der Waals surface area contributed by atoms with E-state index in [9.17, 15) is 9.59 Å². The van der Waals surface area contributed by atoms with Gasteiger partial charge in [0.15, 0.2) is 11.2 Å². The summed E-state index contributed by atoms with van der Waals surface area (Å²) in [6, 6.07) is 5.90. The number of nitrogens with zero attached hydrogens (tertiary/aromatic N) is 5. The summed E-state index contributed by atoms with van der Waals surface area (Å²) in [5.41, 5.74) is 3.61. The Labute approximate surface area is 166 Å². The van der Waals surface area contributed by atoms with Gasteiger partial charge in [0, 0.05) is 25.0 Å². The second kappa shape index (κ2) is 6.51. The lowest BCUT2D eigenvalue weighted by atomic mass is 10.2. The van der Waals surface area contributed by atoms with Gasteiger partial charge in [-0.25, -0.2) is 4.79 Å². The van der Waals surface area contributed by atoms with Gasteiger partial charge < -0.3 is 4.74 Å². The summed E-state index contributed by atoms with van der Waals surface area (Å²) in [4.78, 5) is 30.5. The predicted octanol–water partition coefficient (Wildman–Crippen LogP) is 2.26. The normalized spacial score (nSPS) is 11.5. The highest BCUT2D eigenvalue weighted by Crippen LogP contribution is 2.30. The maximum absolute atomic E-state index is 13.2. The van der Waals surface area contributed by atoms with E-state index in [1.165, 1.54) is 15.2 Å². The Kier molecular flexibility index (Phi) is 4.22. The number of hydrogen-bond donors (Lipinski definition) is 0. The van der Waals surface area contributed by atoms with Crippen LogP contribution in [0.15, 0.2) is 40.4 Å². The maximum Gasteiger partial charge on any atom is 0.332 e. The van der Waals surface area contributed by atoms with E-state index >= 15 is 0 Å². The summed E-state index contributed by atoms with van der Waals surface area (Å²) in [7, 11) is 3.24. The summed E-state index contributed by atoms with van der Waals surface area (Å²) in [5, 5.41) is 0. The third kappa shape index (κ3) is 2.48. The van der Waals surface area contributed by atoms with Crippen molar-refractivity contribution in [2.75, 3.05) is 7.11 Å². The average Bonchev–Trinajstić information content (AvgIpc) is 3.19. The van der Waals surface area contributed by atoms with Crippen molar-refractivity contribution in [3.8, 4) is 11.4 Å². The van der Waals surface area contributed by atoms with Crippen molar-refractivity contribution in [1.82, 2.24) is 23.1 Å². The highest BCUT2D eigenvalue weighted by Gasteiger charge is 2.24. The molecule has 0 saturated carbocycles. The third-order valence-corrected chi connectivity index (χ3v) is 5.41. The van der Waals surface area contributed by atoms with Crippen LogP contribution in [0.5, 0.6) is 5.75 Å². The summed E-state index contributed by atoms with van der Waals surface area (Å²) in [5.74, 6) is 1.25. The van der Waals surface area contributed by atoms with Crippen LogP contribution in [0.3, 0.4) is 0 Å². The van der Waals surface area contributed by atoms with Gasteiger partial charge in [-0.15, -0.1) is 6.58 Å². The van der Waals surface area contributed by atoms with Crippen molar-refractivity contribution in [2.24, 2.45) is 7.05 Å². The summed E-state index contributed by atoms with van der Waals surface area (Å²) in [6.07, 6.45) is 1.54. The summed E-state index contributed by atoms with van der Waals surface area (Å²) >= 11 is 0. The van der Waals surface area contributed by atoms with E-state index in [0.717, 1.165) is 22.6 Å². The Hall–Kier alpha value is -3.55. The lowest BCUT2D eigenvalue weighted by molar-refractivity contribution is 0.413. The van der Waals surface area contributed by atoms with E-state index in [4.69, 9.17) is 9.72 Å². The molecule has 0 atom stereocenters. The van der Waals surface area contributed by atoms with E-state index in [0.29, 0.717) is 22.7 Å². The van der Waals surface area contributed by atoms with Gasteiger partial charge in [-0.05, 0) is 38.5 Å². The molecule has 1 aromatic carbocycles. The van der Waals surface area contributed by atoms with E-state index in [2.05, 4.69) is 6.58 Å². The van der Waals surface area contributed by atoms with Gasteiger partial charge in [0.05, 0.1) is 12.8 Å². The van der Waals surface area contributed by atoms with Crippen LogP contribution in [0.4, 0.5) is 0 Å².